The second kappa shape index (κ2) is 6.86. The maximum atomic E-state index is 11.7. The number of amides is 1. The maximum absolute atomic E-state index is 11.7. The molecule has 0 saturated carbocycles. The highest BCUT2D eigenvalue weighted by Crippen LogP contribution is 2.14. The van der Waals surface area contributed by atoms with Crippen LogP contribution in [0.1, 0.15) is 11.4 Å². The van der Waals surface area contributed by atoms with Crippen LogP contribution in [0.3, 0.4) is 0 Å². The standard InChI is InChI=1S/C13H20N6OS/c1-9-7-10(2)19-12(15-9)16-13(17-19)21-8-11(20)14-5-6-18(3)4/h7H,5-6,8H2,1-4H3,(H,14,20). The zero-order chi connectivity index (χ0) is 15.4. The van der Waals surface area contributed by atoms with Crippen molar-refractivity contribution in [1.82, 2.24) is 29.8 Å². The minimum atomic E-state index is -0.0124. The first-order valence-electron chi connectivity index (χ1n) is 6.71. The molecule has 114 valence electrons. The summed E-state index contributed by atoms with van der Waals surface area (Å²) in [6.07, 6.45) is 0. The highest BCUT2D eigenvalue weighted by molar-refractivity contribution is 7.99. The molecule has 0 saturated heterocycles. The molecular formula is C13H20N6OS. The molecule has 2 aromatic rings. The third-order valence-electron chi connectivity index (χ3n) is 2.81. The van der Waals surface area contributed by atoms with Crippen LogP contribution in [0.5, 0.6) is 0 Å². The lowest BCUT2D eigenvalue weighted by molar-refractivity contribution is -0.118. The minimum absolute atomic E-state index is 0.0124. The smallest absolute Gasteiger partial charge is 0.253 e. The van der Waals surface area contributed by atoms with Crippen LogP contribution in [0, 0.1) is 13.8 Å². The Morgan fingerprint density at radius 2 is 2.14 bits per heavy atom. The molecule has 0 aliphatic carbocycles. The number of fused-ring (bicyclic) bond motifs is 1. The zero-order valence-electron chi connectivity index (χ0n) is 12.8. The summed E-state index contributed by atoms with van der Waals surface area (Å²) in [7, 11) is 3.94. The van der Waals surface area contributed by atoms with E-state index in [1.807, 2.05) is 38.9 Å². The third-order valence-corrected chi connectivity index (χ3v) is 3.65. The van der Waals surface area contributed by atoms with Crippen LogP contribution in [0.4, 0.5) is 0 Å². The van der Waals surface area contributed by atoms with Crippen LogP contribution in [0.15, 0.2) is 11.2 Å². The van der Waals surface area contributed by atoms with E-state index in [1.165, 1.54) is 11.8 Å². The summed E-state index contributed by atoms with van der Waals surface area (Å²) >= 11 is 1.32. The molecule has 0 unspecified atom stereocenters. The average Bonchev–Trinajstić information content (AvgIpc) is 2.79. The van der Waals surface area contributed by atoms with E-state index >= 15 is 0 Å². The van der Waals surface area contributed by atoms with E-state index in [0.29, 0.717) is 23.2 Å². The van der Waals surface area contributed by atoms with Gasteiger partial charge in [0.1, 0.15) is 0 Å². The normalized spacial score (nSPS) is 11.3. The molecule has 0 aliphatic rings. The molecule has 0 radical (unpaired) electrons. The van der Waals surface area contributed by atoms with Crippen molar-refractivity contribution >= 4 is 23.4 Å². The molecule has 0 aliphatic heterocycles. The third kappa shape index (κ3) is 4.40. The number of aryl methyl sites for hydroxylation is 2. The van der Waals surface area contributed by atoms with Gasteiger partial charge < -0.3 is 10.2 Å². The van der Waals surface area contributed by atoms with Gasteiger partial charge >= 0.3 is 0 Å². The first-order valence-corrected chi connectivity index (χ1v) is 7.69. The van der Waals surface area contributed by atoms with E-state index < -0.39 is 0 Å². The van der Waals surface area contributed by atoms with Gasteiger partial charge in [0.15, 0.2) is 0 Å². The van der Waals surface area contributed by atoms with Gasteiger partial charge in [0, 0.05) is 24.5 Å². The van der Waals surface area contributed by atoms with Crippen molar-refractivity contribution in [2.24, 2.45) is 0 Å². The van der Waals surface area contributed by atoms with Gasteiger partial charge in [-0.3, -0.25) is 4.79 Å². The highest BCUT2D eigenvalue weighted by atomic mass is 32.2. The number of aromatic nitrogens is 4. The van der Waals surface area contributed by atoms with E-state index in [0.717, 1.165) is 17.9 Å². The minimum Gasteiger partial charge on any atom is -0.354 e. The van der Waals surface area contributed by atoms with Crippen molar-refractivity contribution in [3.05, 3.63) is 17.5 Å². The fourth-order valence-corrected chi connectivity index (χ4v) is 2.46. The van der Waals surface area contributed by atoms with Crippen LogP contribution >= 0.6 is 11.8 Å². The Balaban J connectivity index is 1.92. The van der Waals surface area contributed by atoms with Crippen LogP contribution < -0.4 is 5.32 Å². The molecule has 2 aromatic heterocycles. The SMILES string of the molecule is Cc1cc(C)n2nc(SCC(=O)NCCN(C)C)nc2n1. The second-order valence-corrected chi connectivity index (χ2v) is 6.03. The van der Waals surface area contributed by atoms with E-state index in [-0.39, 0.29) is 5.91 Å². The van der Waals surface area contributed by atoms with Crippen molar-refractivity contribution in [2.75, 3.05) is 32.9 Å². The van der Waals surface area contributed by atoms with Gasteiger partial charge in [0.25, 0.3) is 5.78 Å². The van der Waals surface area contributed by atoms with Gasteiger partial charge in [-0.15, -0.1) is 5.10 Å². The van der Waals surface area contributed by atoms with Crippen molar-refractivity contribution in [3.63, 3.8) is 0 Å². The van der Waals surface area contributed by atoms with Gasteiger partial charge in [-0.2, -0.15) is 4.98 Å². The summed E-state index contributed by atoms with van der Waals surface area (Å²) in [5, 5.41) is 7.78. The van der Waals surface area contributed by atoms with Gasteiger partial charge in [0.2, 0.25) is 11.1 Å². The quantitative estimate of drug-likeness (QED) is 0.784. The molecule has 0 bridgehead atoms. The van der Waals surface area contributed by atoms with Crippen molar-refractivity contribution in [3.8, 4) is 0 Å². The molecule has 0 atom stereocenters. The molecule has 0 spiro atoms. The number of carbonyl (C=O) groups excluding carboxylic acids is 1. The first-order chi connectivity index (χ1) is 9.95. The fraction of sp³-hybridized carbons (Fsp3) is 0.538. The lowest BCUT2D eigenvalue weighted by Crippen LogP contribution is -2.32. The van der Waals surface area contributed by atoms with Gasteiger partial charge in [-0.1, -0.05) is 11.8 Å². The van der Waals surface area contributed by atoms with Crippen molar-refractivity contribution < 1.29 is 4.79 Å². The Morgan fingerprint density at radius 3 is 2.86 bits per heavy atom. The first kappa shape index (κ1) is 15.7. The Morgan fingerprint density at radius 1 is 1.38 bits per heavy atom. The molecule has 0 aromatic carbocycles. The van der Waals surface area contributed by atoms with Gasteiger partial charge in [-0.25, -0.2) is 9.50 Å². The zero-order valence-corrected chi connectivity index (χ0v) is 13.6. The summed E-state index contributed by atoms with van der Waals surface area (Å²) in [6, 6.07) is 1.95. The van der Waals surface area contributed by atoms with Crippen LogP contribution in [-0.2, 0) is 4.79 Å². The molecule has 7 nitrogen and oxygen atoms in total. The number of nitrogens with zero attached hydrogens (tertiary/aromatic N) is 5. The molecule has 21 heavy (non-hydrogen) atoms. The summed E-state index contributed by atoms with van der Waals surface area (Å²) < 4.78 is 1.69. The number of rotatable bonds is 6. The van der Waals surface area contributed by atoms with Crippen LogP contribution in [0.25, 0.3) is 5.78 Å². The molecule has 1 amide bonds. The van der Waals surface area contributed by atoms with Crippen molar-refractivity contribution in [1.29, 1.82) is 0 Å². The lowest BCUT2D eigenvalue weighted by Gasteiger charge is -2.09. The Bertz CT molecular complexity index is 639. The summed E-state index contributed by atoms with van der Waals surface area (Å²) in [5.74, 6) is 0.868. The van der Waals surface area contributed by atoms with E-state index in [9.17, 15) is 4.79 Å². The van der Waals surface area contributed by atoms with Gasteiger partial charge in [-0.05, 0) is 34.0 Å². The average molecular weight is 308 g/mol. The maximum Gasteiger partial charge on any atom is 0.253 e. The molecule has 8 heteroatoms. The number of thioether (sulfide) groups is 1. The largest absolute Gasteiger partial charge is 0.354 e. The molecule has 2 heterocycles. The fourth-order valence-electron chi connectivity index (χ4n) is 1.81. The Labute approximate surface area is 128 Å². The summed E-state index contributed by atoms with van der Waals surface area (Å²) in [4.78, 5) is 22.4. The Kier molecular flexibility index (Phi) is 5.13. The summed E-state index contributed by atoms with van der Waals surface area (Å²) in [6.45, 7) is 5.35. The molecule has 0 fully saturated rings. The predicted octanol–water partition coefficient (Wildman–Crippen LogP) is 0.511. The lowest BCUT2D eigenvalue weighted by atomic mass is 10.4. The van der Waals surface area contributed by atoms with Gasteiger partial charge in [0.05, 0.1) is 5.75 Å². The van der Waals surface area contributed by atoms with Crippen LogP contribution in [0.2, 0.25) is 0 Å². The number of hydrogen-bond acceptors (Lipinski definition) is 6. The summed E-state index contributed by atoms with van der Waals surface area (Å²) in [5.41, 5.74) is 1.89. The molecular weight excluding hydrogens is 288 g/mol. The van der Waals surface area contributed by atoms with E-state index in [2.05, 4.69) is 20.4 Å². The van der Waals surface area contributed by atoms with E-state index in [1.54, 1.807) is 4.52 Å². The number of nitrogens with one attached hydrogen (secondary N) is 1. The topological polar surface area (TPSA) is 75.4 Å². The van der Waals surface area contributed by atoms with E-state index in [4.69, 9.17) is 0 Å². The number of likely N-dealkylation sites (N-methyl/N-ethyl adjacent to an activating group) is 1. The predicted molar refractivity (Wildman–Crippen MR) is 82.5 cm³/mol. The number of hydrogen-bond donors (Lipinski definition) is 1. The van der Waals surface area contributed by atoms with Crippen molar-refractivity contribution in [2.45, 2.75) is 19.0 Å². The number of carbonyl (C=O) groups is 1. The highest BCUT2D eigenvalue weighted by Gasteiger charge is 2.10. The molecule has 1 N–H and O–H groups in total. The molecule has 2 rings (SSSR count). The van der Waals surface area contributed by atoms with Crippen LogP contribution in [-0.4, -0.2) is 63.3 Å². The monoisotopic (exact) mass is 308 g/mol. The Hall–Kier alpha value is -1.67. The second-order valence-electron chi connectivity index (χ2n) is 5.09.